The van der Waals surface area contributed by atoms with Gasteiger partial charge in [-0.25, -0.2) is 4.68 Å². The normalized spacial score (nSPS) is 12.1. The predicted molar refractivity (Wildman–Crippen MR) is 80.6 cm³/mol. The van der Waals surface area contributed by atoms with Gasteiger partial charge in [0.05, 0.1) is 19.5 Å². The minimum absolute atomic E-state index is 0.0879. The Bertz CT molecular complexity index is 839. The van der Waals surface area contributed by atoms with E-state index in [2.05, 4.69) is 15.3 Å². The molecule has 0 saturated carbocycles. The zero-order valence-corrected chi connectivity index (χ0v) is 12.2. The number of pyridine rings is 2. The van der Waals surface area contributed by atoms with Crippen LogP contribution in [0.15, 0.2) is 53.8 Å². The smallest absolute Gasteiger partial charge is 0.252 e. The Morgan fingerprint density at radius 3 is 2.91 bits per heavy atom. The van der Waals surface area contributed by atoms with Crippen LogP contribution in [0, 0.1) is 0 Å². The number of ether oxygens (including phenoxy) is 1. The molecule has 0 aliphatic rings. The highest BCUT2D eigenvalue weighted by Gasteiger charge is 2.12. The van der Waals surface area contributed by atoms with Crippen LogP contribution in [0.5, 0.6) is 5.75 Å². The summed E-state index contributed by atoms with van der Waals surface area (Å²) in [6.45, 7) is 1.88. The Morgan fingerprint density at radius 1 is 1.27 bits per heavy atom. The van der Waals surface area contributed by atoms with Crippen LogP contribution < -0.4 is 10.3 Å². The van der Waals surface area contributed by atoms with Gasteiger partial charge in [0.25, 0.3) is 5.56 Å². The second-order valence-electron chi connectivity index (χ2n) is 4.78. The standard InChI is InChI=1S/C15H15N5O2/c1-11(19-6-4-3-5-15(19)21)20-10-14(17-18-20)12-7-13(22-2)9-16-8-12/h3-11H,1-2H3. The van der Waals surface area contributed by atoms with Crippen molar-refractivity contribution in [2.24, 2.45) is 0 Å². The first-order valence-electron chi connectivity index (χ1n) is 6.77. The van der Waals surface area contributed by atoms with Crippen LogP contribution in [0.3, 0.4) is 0 Å². The molecular weight excluding hydrogens is 282 g/mol. The molecule has 3 aromatic rings. The molecule has 0 radical (unpaired) electrons. The van der Waals surface area contributed by atoms with Crippen LogP contribution >= 0.6 is 0 Å². The maximum atomic E-state index is 11.9. The monoisotopic (exact) mass is 297 g/mol. The second kappa shape index (κ2) is 5.80. The molecule has 0 N–H and O–H groups in total. The first-order chi connectivity index (χ1) is 10.7. The summed E-state index contributed by atoms with van der Waals surface area (Å²) in [6.07, 6.45) is 6.55. The molecule has 1 unspecified atom stereocenters. The van der Waals surface area contributed by atoms with Crippen molar-refractivity contribution < 1.29 is 4.74 Å². The van der Waals surface area contributed by atoms with E-state index in [9.17, 15) is 4.79 Å². The molecule has 0 aromatic carbocycles. The third kappa shape index (κ3) is 2.60. The molecule has 0 spiro atoms. The fourth-order valence-electron chi connectivity index (χ4n) is 2.14. The van der Waals surface area contributed by atoms with Gasteiger partial charge in [-0.1, -0.05) is 11.3 Å². The number of hydrogen-bond donors (Lipinski definition) is 0. The van der Waals surface area contributed by atoms with E-state index in [0.29, 0.717) is 11.4 Å². The first-order valence-corrected chi connectivity index (χ1v) is 6.77. The molecule has 3 aromatic heterocycles. The number of rotatable bonds is 4. The summed E-state index contributed by atoms with van der Waals surface area (Å²) in [4.78, 5) is 16.0. The second-order valence-corrected chi connectivity index (χ2v) is 4.78. The van der Waals surface area contributed by atoms with E-state index in [1.165, 1.54) is 6.07 Å². The molecular formula is C15H15N5O2. The third-order valence-corrected chi connectivity index (χ3v) is 3.39. The summed E-state index contributed by atoms with van der Waals surface area (Å²) < 4.78 is 8.37. The highest BCUT2D eigenvalue weighted by molar-refractivity contribution is 5.58. The summed E-state index contributed by atoms with van der Waals surface area (Å²) in [5.74, 6) is 0.652. The Balaban J connectivity index is 1.93. The van der Waals surface area contributed by atoms with Crippen molar-refractivity contribution in [3.8, 4) is 17.0 Å². The van der Waals surface area contributed by atoms with Gasteiger partial charge in [-0.3, -0.25) is 14.3 Å². The predicted octanol–water partition coefficient (Wildman–Crippen LogP) is 1.58. The van der Waals surface area contributed by atoms with E-state index in [0.717, 1.165) is 5.56 Å². The van der Waals surface area contributed by atoms with Crippen LogP contribution in [-0.4, -0.2) is 31.7 Å². The summed E-state index contributed by atoms with van der Waals surface area (Å²) in [5, 5.41) is 8.24. The highest BCUT2D eigenvalue weighted by atomic mass is 16.5. The Labute approximate surface area is 126 Å². The van der Waals surface area contributed by atoms with Gasteiger partial charge in [-0.05, 0) is 19.1 Å². The lowest BCUT2D eigenvalue weighted by Crippen LogP contribution is -2.26. The summed E-state index contributed by atoms with van der Waals surface area (Å²) in [6, 6.07) is 6.86. The average molecular weight is 297 g/mol. The van der Waals surface area contributed by atoms with Crippen LogP contribution in [-0.2, 0) is 0 Å². The van der Waals surface area contributed by atoms with Crippen molar-refractivity contribution in [1.29, 1.82) is 0 Å². The van der Waals surface area contributed by atoms with E-state index < -0.39 is 0 Å². The van der Waals surface area contributed by atoms with Crippen molar-refractivity contribution in [3.05, 3.63) is 59.4 Å². The fraction of sp³-hybridized carbons (Fsp3) is 0.200. The zero-order chi connectivity index (χ0) is 15.5. The van der Waals surface area contributed by atoms with Crippen molar-refractivity contribution in [2.75, 3.05) is 7.11 Å². The Kier molecular flexibility index (Phi) is 3.69. The molecule has 22 heavy (non-hydrogen) atoms. The molecule has 112 valence electrons. The molecule has 0 bridgehead atoms. The molecule has 0 saturated heterocycles. The summed E-state index contributed by atoms with van der Waals surface area (Å²) >= 11 is 0. The minimum atomic E-state index is -0.270. The van der Waals surface area contributed by atoms with Crippen LogP contribution in [0.2, 0.25) is 0 Å². The van der Waals surface area contributed by atoms with Crippen LogP contribution in [0.25, 0.3) is 11.3 Å². The molecule has 3 heterocycles. The van der Waals surface area contributed by atoms with E-state index in [1.54, 1.807) is 47.2 Å². The van der Waals surface area contributed by atoms with Gasteiger partial charge in [0.15, 0.2) is 0 Å². The number of hydrogen-bond acceptors (Lipinski definition) is 5. The summed E-state index contributed by atoms with van der Waals surface area (Å²) in [7, 11) is 1.58. The molecule has 7 nitrogen and oxygen atoms in total. The lowest BCUT2D eigenvalue weighted by Gasteiger charge is -2.14. The molecule has 0 aliphatic heterocycles. The van der Waals surface area contributed by atoms with Gasteiger partial charge in [0.2, 0.25) is 0 Å². The maximum absolute atomic E-state index is 11.9. The van der Waals surface area contributed by atoms with Gasteiger partial charge in [0, 0.05) is 24.0 Å². The third-order valence-electron chi connectivity index (χ3n) is 3.39. The topological polar surface area (TPSA) is 74.8 Å². The van der Waals surface area contributed by atoms with Crippen LogP contribution in [0.1, 0.15) is 13.1 Å². The fourth-order valence-corrected chi connectivity index (χ4v) is 2.14. The van der Waals surface area contributed by atoms with Gasteiger partial charge >= 0.3 is 0 Å². The molecule has 7 heteroatoms. The zero-order valence-electron chi connectivity index (χ0n) is 12.2. The van der Waals surface area contributed by atoms with E-state index in [4.69, 9.17) is 4.74 Å². The number of methoxy groups -OCH3 is 1. The van der Waals surface area contributed by atoms with Crippen molar-refractivity contribution in [3.63, 3.8) is 0 Å². The SMILES string of the molecule is COc1cncc(-c2cn(C(C)n3ccccc3=O)nn2)c1. The lowest BCUT2D eigenvalue weighted by atomic mass is 10.2. The lowest BCUT2D eigenvalue weighted by molar-refractivity contribution is 0.405. The Hall–Kier alpha value is -2.96. The van der Waals surface area contributed by atoms with Gasteiger partial charge in [-0.15, -0.1) is 5.10 Å². The molecule has 3 rings (SSSR count). The maximum Gasteiger partial charge on any atom is 0.252 e. The van der Waals surface area contributed by atoms with Crippen LogP contribution in [0.4, 0.5) is 0 Å². The van der Waals surface area contributed by atoms with Gasteiger partial charge in [-0.2, -0.15) is 0 Å². The van der Waals surface area contributed by atoms with Crippen molar-refractivity contribution >= 4 is 0 Å². The number of nitrogens with zero attached hydrogens (tertiary/aromatic N) is 5. The van der Waals surface area contributed by atoms with E-state index in [1.807, 2.05) is 19.1 Å². The molecule has 0 fully saturated rings. The summed E-state index contributed by atoms with van der Waals surface area (Å²) in [5.41, 5.74) is 1.38. The van der Waals surface area contributed by atoms with Crippen molar-refractivity contribution in [1.82, 2.24) is 24.5 Å². The van der Waals surface area contributed by atoms with Gasteiger partial charge < -0.3 is 4.74 Å². The molecule has 1 atom stereocenters. The minimum Gasteiger partial charge on any atom is -0.495 e. The average Bonchev–Trinajstić information content (AvgIpc) is 3.05. The number of aromatic nitrogens is 5. The Morgan fingerprint density at radius 2 is 2.14 bits per heavy atom. The highest BCUT2D eigenvalue weighted by Crippen LogP contribution is 2.21. The molecule has 0 amide bonds. The van der Waals surface area contributed by atoms with E-state index >= 15 is 0 Å². The van der Waals surface area contributed by atoms with Crippen molar-refractivity contribution in [2.45, 2.75) is 13.1 Å². The largest absolute Gasteiger partial charge is 0.495 e. The van der Waals surface area contributed by atoms with E-state index in [-0.39, 0.29) is 11.7 Å². The first kappa shape index (κ1) is 14.0. The molecule has 0 aliphatic carbocycles. The van der Waals surface area contributed by atoms with Gasteiger partial charge in [0.1, 0.15) is 17.6 Å². The quantitative estimate of drug-likeness (QED) is 0.731.